The lowest BCUT2D eigenvalue weighted by Gasteiger charge is -2.47. The largest absolute Gasteiger partial charge is 0.272 e. The Bertz CT molecular complexity index is 1390. The summed E-state index contributed by atoms with van der Waals surface area (Å²) in [4.78, 5) is 14.1. The molecule has 7 rings (SSSR count). The Labute approximate surface area is 204 Å². The van der Waals surface area contributed by atoms with Gasteiger partial charge in [0.25, 0.3) is 0 Å². The number of hydrogen-bond donors (Lipinski definition) is 1. The fourth-order valence-electron chi connectivity index (χ4n) is 5.95. The minimum atomic E-state index is 0.558. The van der Waals surface area contributed by atoms with Crippen molar-refractivity contribution in [3.8, 4) is 23.4 Å². The Balaban J connectivity index is 1.42. The molecule has 170 valence electrons. The van der Waals surface area contributed by atoms with E-state index >= 15 is 0 Å². The van der Waals surface area contributed by atoms with E-state index in [1.165, 1.54) is 25.7 Å². The van der Waals surface area contributed by atoms with Gasteiger partial charge in [0.05, 0.1) is 10.4 Å². The predicted molar refractivity (Wildman–Crippen MR) is 134 cm³/mol. The van der Waals surface area contributed by atoms with E-state index in [1.54, 1.807) is 6.20 Å². The molecule has 6 heteroatoms. The number of nitrogens with one attached hydrogen (secondary N) is 1. The van der Waals surface area contributed by atoms with Crippen molar-refractivity contribution in [1.82, 2.24) is 25.1 Å². The summed E-state index contributed by atoms with van der Waals surface area (Å²) in [7, 11) is 0. The Hall–Kier alpha value is -3.23. The third kappa shape index (κ3) is 4.08. The summed E-state index contributed by atoms with van der Waals surface area (Å²) in [5, 5.41) is 8.79. The van der Waals surface area contributed by atoms with Gasteiger partial charge in [0.2, 0.25) is 0 Å². The van der Waals surface area contributed by atoms with E-state index in [0.717, 1.165) is 52.2 Å². The maximum atomic E-state index is 6.23. The highest BCUT2D eigenvalue weighted by atomic mass is 35.5. The first kappa shape index (κ1) is 21.3. The number of fused-ring (bicyclic) bond motifs is 4. The molecular weight excluding hydrogens is 442 g/mol. The van der Waals surface area contributed by atoms with E-state index in [0.29, 0.717) is 22.4 Å². The molecule has 34 heavy (non-hydrogen) atoms. The molecule has 1 aromatic carbocycles. The Kier molecular flexibility index (Phi) is 5.55. The maximum Gasteiger partial charge on any atom is 0.181 e. The summed E-state index contributed by atoms with van der Waals surface area (Å²) in [6, 6.07) is 13.9. The van der Waals surface area contributed by atoms with Gasteiger partial charge in [-0.05, 0) is 86.0 Å². The van der Waals surface area contributed by atoms with Crippen LogP contribution in [0, 0.1) is 35.5 Å². The van der Waals surface area contributed by atoms with E-state index in [9.17, 15) is 0 Å². The van der Waals surface area contributed by atoms with Crippen LogP contribution in [-0.2, 0) is 6.42 Å². The Morgan fingerprint density at radius 2 is 1.79 bits per heavy atom. The molecular formula is C28H26ClN5. The highest BCUT2D eigenvalue weighted by Crippen LogP contribution is 2.49. The van der Waals surface area contributed by atoms with Crippen molar-refractivity contribution < 1.29 is 0 Å². The van der Waals surface area contributed by atoms with Crippen molar-refractivity contribution in [3.05, 3.63) is 70.6 Å². The second-order valence-electron chi connectivity index (χ2n) is 9.71. The molecule has 3 fully saturated rings. The highest BCUT2D eigenvalue weighted by Gasteiger charge is 2.41. The number of aromatic amines is 1. The van der Waals surface area contributed by atoms with Crippen molar-refractivity contribution in [2.75, 3.05) is 0 Å². The molecule has 0 spiro atoms. The van der Waals surface area contributed by atoms with Crippen molar-refractivity contribution >= 4 is 22.6 Å². The number of halogens is 1. The van der Waals surface area contributed by atoms with Gasteiger partial charge in [-0.25, -0.2) is 15.0 Å². The monoisotopic (exact) mass is 467 g/mol. The maximum absolute atomic E-state index is 6.23. The lowest BCUT2D eigenvalue weighted by atomic mass is 9.58. The second kappa shape index (κ2) is 8.85. The lowest BCUT2D eigenvalue weighted by molar-refractivity contribution is 0.0339. The highest BCUT2D eigenvalue weighted by molar-refractivity contribution is 6.31. The molecule has 3 aliphatic rings. The standard InChI is InChI=1S/C28H26ClN5/c1-17-19-8-10-20(11-9-19)24(17)15-23-14-22(12-7-18-5-3-2-4-6-18)31-28(32-23)26-25-13-21(29)16-30-27(25)34-33-26/h2-6,13-14,16-17,19-20,24H,8-11,15H2,1H3,(H,30,33,34). The van der Waals surface area contributed by atoms with Gasteiger partial charge in [0, 0.05) is 17.5 Å². The SMILES string of the molecule is CC1C2CCC(CC2)C1Cc1cc(C#Cc2ccccc2)nc(-c2[nH]nc3ncc(Cl)cc23)n1. The number of benzene rings is 1. The van der Waals surface area contributed by atoms with Crippen LogP contribution < -0.4 is 0 Å². The van der Waals surface area contributed by atoms with Crippen LogP contribution in [0.4, 0.5) is 0 Å². The van der Waals surface area contributed by atoms with Gasteiger partial charge in [-0.15, -0.1) is 0 Å². The molecule has 5 nitrogen and oxygen atoms in total. The number of H-pyrrole nitrogens is 1. The van der Waals surface area contributed by atoms with Crippen molar-refractivity contribution in [2.24, 2.45) is 23.7 Å². The van der Waals surface area contributed by atoms with Gasteiger partial charge in [-0.1, -0.05) is 42.6 Å². The van der Waals surface area contributed by atoms with E-state index in [2.05, 4.69) is 40.0 Å². The van der Waals surface area contributed by atoms with Crippen LogP contribution in [0.25, 0.3) is 22.6 Å². The van der Waals surface area contributed by atoms with Gasteiger partial charge in [0.1, 0.15) is 11.4 Å². The summed E-state index contributed by atoms with van der Waals surface area (Å²) < 4.78 is 0. The molecule has 3 saturated carbocycles. The van der Waals surface area contributed by atoms with Crippen LogP contribution in [0.1, 0.15) is 49.6 Å². The molecule has 0 amide bonds. The molecule has 0 aliphatic heterocycles. The van der Waals surface area contributed by atoms with Crippen LogP contribution in [0.2, 0.25) is 5.02 Å². The first-order valence-electron chi connectivity index (χ1n) is 12.1. The van der Waals surface area contributed by atoms with Crippen LogP contribution in [0.15, 0.2) is 48.7 Å². The average Bonchev–Trinajstić information content (AvgIpc) is 3.29. The number of aromatic nitrogens is 5. The van der Waals surface area contributed by atoms with E-state index in [4.69, 9.17) is 21.6 Å². The third-order valence-corrected chi connectivity index (χ3v) is 7.98. The number of pyridine rings is 1. The van der Waals surface area contributed by atoms with Crippen LogP contribution in [-0.4, -0.2) is 25.1 Å². The predicted octanol–water partition coefficient (Wildman–Crippen LogP) is 6.08. The van der Waals surface area contributed by atoms with Crippen LogP contribution in [0.3, 0.4) is 0 Å². The first-order chi connectivity index (χ1) is 16.6. The fraction of sp³-hybridized carbons (Fsp3) is 0.357. The average molecular weight is 468 g/mol. The van der Waals surface area contributed by atoms with Gasteiger partial charge in [-0.2, -0.15) is 5.10 Å². The number of nitrogens with zero attached hydrogens (tertiary/aromatic N) is 4. The molecule has 1 N–H and O–H groups in total. The zero-order chi connectivity index (χ0) is 23.1. The molecule has 2 bridgehead atoms. The Morgan fingerprint density at radius 1 is 1.00 bits per heavy atom. The molecule has 2 atom stereocenters. The molecule has 4 aromatic rings. The molecule has 0 radical (unpaired) electrons. The molecule has 3 aliphatic carbocycles. The zero-order valence-electron chi connectivity index (χ0n) is 19.1. The molecule has 2 unspecified atom stereocenters. The first-order valence-corrected chi connectivity index (χ1v) is 12.5. The van der Waals surface area contributed by atoms with Crippen LogP contribution >= 0.6 is 11.6 Å². The van der Waals surface area contributed by atoms with Gasteiger partial charge in [-0.3, -0.25) is 5.10 Å². The summed E-state index contributed by atoms with van der Waals surface area (Å²) in [6.07, 6.45) is 8.05. The quantitative estimate of drug-likeness (QED) is 0.370. The summed E-state index contributed by atoms with van der Waals surface area (Å²) in [6.45, 7) is 2.44. The zero-order valence-corrected chi connectivity index (χ0v) is 19.9. The third-order valence-electron chi connectivity index (χ3n) is 7.77. The van der Waals surface area contributed by atoms with Crippen LogP contribution in [0.5, 0.6) is 0 Å². The number of rotatable bonds is 3. The number of hydrogen-bond acceptors (Lipinski definition) is 4. The Morgan fingerprint density at radius 3 is 2.59 bits per heavy atom. The normalized spacial score (nSPS) is 23.6. The van der Waals surface area contributed by atoms with E-state index in [1.807, 2.05) is 36.4 Å². The molecule has 3 aromatic heterocycles. The second-order valence-corrected chi connectivity index (χ2v) is 10.1. The summed E-state index contributed by atoms with van der Waals surface area (Å²) >= 11 is 6.23. The van der Waals surface area contributed by atoms with Crippen molar-refractivity contribution in [1.29, 1.82) is 0 Å². The smallest absolute Gasteiger partial charge is 0.181 e. The summed E-state index contributed by atoms with van der Waals surface area (Å²) in [5.74, 6) is 10.2. The van der Waals surface area contributed by atoms with Gasteiger partial charge >= 0.3 is 0 Å². The summed E-state index contributed by atoms with van der Waals surface area (Å²) in [5.41, 5.74) is 4.06. The lowest BCUT2D eigenvalue weighted by Crippen LogP contribution is -2.39. The van der Waals surface area contributed by atoms with Gasteiger partial charge < -0.3 is 0 Å². The topological polar surface area (TPSA) is 67.3 Å². The van der Waals surface area contributed by atoms with Crippen molar-refractivity contribution in [2.45, 2.75) is 39.0 Å². The van der Waals surface area contributed by atoms with E-state index < -0.39 is 0 Å². The fourth-order valence-corrected chi connectivity index (χ4v) is 6.11. The van der Waals surface area contributed by atoms with Crippen molar-refractivity contribution in [3.63, 3.8) is 0 Å². The molecule has 3 heterocycles. The van der Waals surface area contributed by atoms with Gasteiger partial charge in [0.15, 0.2) is 11.5 Å². The minimum Gasteiger partial charge on any atom is -0.272 e. The van der Waals surface area contributed by atoms with E-state index in [-0.39, 0.29) is 0 Å². The molecule has 0 saturated heterocycles. The minimum absolute atomic E-state index is 0.558.